The molecule has 3 amide bonds. The number of halogens is 1. The normalized spacial score (nSPS) is 19.9. The Labute approximate surface area is 189 Å². The number of carbonyl (C=O) groups excluding carboxylic acids is 3. The first-order chi connectivity index (χ1) is 15.9. The molecule has 2 atom stereocenters. The van der Waals surface area contributed by atoms with E-state index in [1.807, 2.05) is 24.3 Å². The van der Waals surface area contributed by atoms with Crippen LogP contribution in [0, 0.1) is 5.82 Å². The van der Waals surface area contributed by atoms with Gasteiger partial charge in [-0.3, -0.25) is 14.4 Å². The Morgan fingerprint density at radius 2 is 1.97 bits per heavy atom. The van der Waals surface area contributed by atoms with E-state index in [1.165, 1.54) is 24.1 Å². The van der Waals surface area contributed by atoms with Crippen molar-refractivity contribution < 1.29 is 23.5 Å². The predicted molar refractivity (Wildman–Crippen MR) is 120 cm³/mol. The van der Waals surface area contributed by atoms with Crippen molar-refractivity contribution in [2.45, 2.75) is 18.5 Å². The summed E-state index contributed by atoms with van der Waals surface area (Å²) in [6, 6.07) is 14.5. The van der Waals surface area contributed by atoms with E-state index in [2.05, 4.69) is 10.6 Å². The van der Waals surface area contributed by atoms with E-state index < -0.39 is 6.04 Å². The second-order valence-corrected chi connectivity index (χ2v) is 8.27. The monoisotopic (exact) mass is 447 g/mol. The first kappa shape index (κ1) is 20.9. The van der Waals surface area contributed by atoms with Gasteiger partial charge < -0.3 is 20.3 Å². The lowest BCUT2D eigenvalue weighted by molar-refractivity contribution is -0.143. The van der Waals surface area contributed by atoms with E-state index in [9.17, 15) is 18.8 Å². The van der Waals surface area contributed by atoms with Crippen LogP contribution < -0.4 is 15.4 Å². The molecule has 0 spiro atoms. The topological polar surface area (TPSA) is 87.7 Å². The van der Waals surface area contributed by atoms with Gasteiger partial charge in [0.05, 0.1) is 13.7 Å². The fourth-order valence-electron chi connectivity index (χ4n) is 4.67. The third-order valence-electron chi connectivity index (χ3n) is 6.27. The number of hydrogen-bond donors (Lipinski definition) is 2. The largest absolute Gasteiger partial charge is 0.496 e. The van der Waals surface area contributed by atoms with Crippen LogP contribution in [0.1, 0.15) is 16.8 Å². The standard InChI is InChI=1S/C25H22FN3O4/c1-33-22-8-6-16(26)10-20(22)19-4-2-3-14-9-15(5-7-18(14)19)24(31)28-17-11-21-25(32)27-12-23(30)29(21)13-17/h2-10,17,21H,11-13H2,1H3,(H,27,32)(H,28,31)/t17-,21-/m0/s1. The van der Waals surface area contributed by atoms with Crippen molar-refractivity contribution in [3.05, 3.63) is 66.0 Å². The number of ether oxygens (including phenoxy) is 1. The minimum atomic E-state index is -0.531. The Bertz CT molecular complexity index is 1270. The number of methoxy groups -OCH3 is 1. The minimum absolute atomic E-state index is 0.000886. The molecule has 0 aliphatic carbocycles. The van der Waals surface area contributed by atoms with Crippen molar-refractivity contribution in [1.82, 2.24) is 15.5 Å². The maximum atomic E-state index is 13.9. The van der Waals surface area contributed by atoms with Crippen molar-refractivity contribution in [3.63, 3.8) is 0 Å². The van der Waals surface area contributed by atoms with Gasteiger partial charge in [-0.1, -0.05) is 24.3 Å². The lowest BCUT2D eigenvalue weighted by atomic mass is 9.96. The summed E-state index contributed by atoms with van der Waals surface area (Å²) in [5.74, 6) is -0.399. The molecule has 3 aromatic carbocycles. The first-order valence-electron chi connectivity index (χ1n) is 10.7. The number of rotatable bonds is 4. The van der Waals surface area contributed by atoms with Gasteiger partial charge in [0.15, 0.2) is 0 Å². The molecule has 5 rings (SSSR count). The highest BCUT2D eigenvalue weighted by atomic mass is 19.1. The van der Waals surface area contributed by atoms with Gasteiger partial charge in [-0.2, -0.15) is 0 Å². The van der Waals surface area contributed by atoms with Crippen LogP contribution in [0.2, 0.25) is 0 Å². The first-order valence-corrected chi connectivity index (χ1v) is 10.7. The summed E-state index contributed by atoms with van der Waals surface area (Å²) in [7, 11) is 1.54. The fraction of sp³-hybridized carbons (Fsp3) is 0.240. The number of carbonyl (C=O) groups is 3. The van der Waals surface area contributed by atoms with Gasteiger partial charge in [0, 0.05) is 23.7 Å². The molecular formula is C25H22FN3O4. The second-order valence-electron chi connectivity index (χ2n) is 8.27. The van der Waals surface area contributed by atoms with Crippen molar-refractivity contribution in [2.75, 3.05) is 20.2 Å². The Morgan fingerprint density at radius 3 is 2.76 bits per heavy atom. The summed E-state index contributed by atoms with van der Waals surface area (Å²) in [5, 5.41) is 7.21. The van der Waals surface area contributed by atoms with Gasteiger partial charge in [-0.05, 0) is 53.1 Å². The molecule has 7 nitrogen and oxygen atoms in total. The van der Waals surface area contributed by atoms with Crippen molar-refractivity contribution >= 4 is 28.5 Å². The van der Waals surface area contributed by atoms with Gasteiger partial charge >= 0.3 is 0 Å². The van der Waals surface area contributed by atoms with Crippen LogP contribution >= 0.6 is 0 Å². The van der Waals surface area contributed by atoms with Gasteiger partial charge in [-0.15, -0.1) is 0 Å². The summed E-state index contributed by atoms with van der Waals surface area (Å²) in [6.45, 7) is 0.318. The average molecular weight is 447 g/mol. The van der Waals surface area contributed by atoms with Crippen LogP contribution in [0.15, 0.2) is 54.6 Å². The number of benzene rings is 3. The van der Waals surface area contributed by atoms with E-state index in [-0.39, 0.29) is 36.1 Å². The van der Waals surface area contributed by atoms with Gasteiger partial charge in [0.2, 0.25) is 11.8 Å². The van der Waals surface area contributed by atoms with Crippen molar-refractivity contribution in [1.29, 1.82) is 0 Å². The number of amides is 3. The molecule has 2 heterocycles. The maximum absolute atomic E-state index is 13.9. The summed E-state index contributed by atoms with van der Waals surface area (Å²) < 4.78 is 19.3. The molecule has 2 fully saturated rings. The molecular weight excluding hydrogens is 425 g/mol. The smallest absolute Gasteiger partial charge is 0.251 e. The van der Waals surface area contributed by atoms with E-state index in [0.717, 1.165) is 16.3 Å². The molecule has 2 saturated heterocycles. The molecule has 8 heteroatoms. The Balaban J connectivity index is 1.41. The summed E-state index contributed by atoms with van der Waals surface area (Å²) >= 11 is 0. The Morgan fingerprint density at radius 1 is 1.12 bits per heavy atom. The molecule has 0 aromatic heterocycles. The van der Waals surface area contributed by atoms with Gasteiger partial charge in [-0.25, -0.2) is 4.39 Å². The van der Waals surface area contributed by atoms with Crippen LogP contribution in [-0.4, -0.2) is 54.9 Å². The predicted octanol–water partition coefficient (Wildman–Crippen LogP) is 2.48. The zero-order valence-corrected chi connectivity index (χ0v) is 17.9. The lowest BCUT2D eigenvalue weighted by Gasteiger charge is -2.28. The molecule has 0 saturated carbocycles. The van der Waals surface area contributed by atoms with Crippen LogP contribution in [0.4, 0.5) is 4.39 Å². The number of piperazine rings is 1. The summed E-state index contributed by atoms with van der Waals surface area (Å²) in [4.78, 5) is 38.5. The SMILES string of the molecule is COc1ccc(F)cc1-c1cccc2cc(C(=O)N[C@H]3C[C@H]4C(=O)NCC(=O)N4C3)ccc12. The van der Waals surface area contributed by atoms with Crippen LogP contribution in [-0.2, 0) is 9.59 Å². The van der Waals surface area contributed by atoms with Gasteiger partial charge in [0.1, 0.15) is 17.6 Å². The number of nitrogens with one attached hydrogen (secondary N) is 2. The molecule has 0 radical (unpaired) electrons. The third kappa shape index (κ3) is 3.77. The molecule has 0 unspecified atom stereocenters. The highest BCUT2D eigenvalue weighted by molar-refractivity contribution is 6.03. The lowest BCUT2D eigenvalue weighted by Crippen LogP contribution is -2.55. The molecule has 0 bridgehead atoms. The highest BCUT2D eigenvalue weighted by Gasteiger charge is 2.42. The molecule has 3 aromatic rings. The quantitative estimate of drug-likeness (QED) is 0.643. The average Bonchev–Trinajstić information content (AvgIpc) is 3.25. The minimum Gasteiger partial charge on any atom is -0.496 e. The highest BCUT2D eigenvalue weighted by Crippen LogP contribution is 2.36. The third-order valence-corrected chi connectivity index (χ3v) is 6.27. The maximum Gasteiger partial charge on any atom is 0.251 e. The van der Waals surface area contributed by atoms with Crippen LogP contribution in [0.5, 0.6) is 5.75 Å². The van der Waals surface area contributed by atoms with Gasteiger partial charge in [0.25, 0.3) is 5.91 Å². The fourth-order valence-corrected chi connectivity index (χ4v) is 4.67. The Kier molecular flexibility index (Phi) is 5.20. The molecule has 2 aliphatic rings. The Hall–Kier alpha value is -3.94. The summed E-state index contributed by atoms with van der Waals surface area (Å²) in [5.41, 5.74) is 1.89. The number of nitrogens with zero attached hydrogens (tertiary/aromatic N) is 1. The molecule has 33 heavy (non-hydrogen) atoms. The molecule has 168 valence electrons. The zero-order chi connectivity index (χ0) is 23.1. The summed E-state index contributed by atoms with van der Waals surface area (Å²) in [6.07, 6.45) is 0.389. The van der Waals surface area contributed by atoms with E-state index in [4.69, 9.17) is 4.74 Å². The molecule has 2 N–H and O–H groups in total. The van der Waals surface area contributed by atoms with E-state index in [1.54, 1.807) is 18.2 Å². The molecule has 2 aliphatic heterocycles. The van der Waals surface area contributed by atoms with Crippen LogP contribution in [0.25, 0.3) is 21.9 Å². The van der Waals surface area contributed by atoms with Crippen molar-refractivity contribution in [2.24, 2.45) is 0 Å². The second kappa shape index (κ2) is 8.20. The number of fused-ring (bicyclic) bond motifs is 2. The van der Waals surface area contributed by atoms with Crippen molar-refractivity contribution in [3.8, 4) is 16.9 Å². The van der Waals surface area contributed by atoms with Crippen LogP contribution in [0.3, 0.4) is 0 Å². The number of hydrogen-bond acceptors (Lipinski definition) is 4. The zero-order valence-electron chi connectivity index (χ0n) is 17.9. The van der Waals surface area contributed by atoms with E-state index >= 15 is 0 Å². The van der Waals surface area contributed by atoms with E-state index in [0.29, 0.717) is 29.8 Å².